The molecule has 0 fully saturated rings. The minimum Gasteiger partial charge on any atom is -0.350 e. The number of hydrogen-bond acceptors (Lipinski definition) is 5. The quantitative estimate of drug-likeness (QED) is 0.754. The highest BCUT2D eigenvalue weighted by molar-refractivity contribution is 9.10. The summed E-state index contributed by atoms with van der Waals surface area (Å²) >= 11 is 6.49. The molecule has 2 rings (SSSR count). The van der Waals surface area contributed by atoms with Crippen LogP contribution in [0, 0.1) is 5.92 Å². The predicted octanol–water partition coefficient (Wildman–Crippen LogP) is 3.80. The third kappa shape index (κ3) is 5.84. The van der Waals surface area contributed by atoms with E-state index in [1.165, 1.54) is 11.3 Å². The Balaban J connectivity index is 0.00000200. The van der Waals surface area contributed by atoms with E-state index in [1.807, 2.05) is 18.4 Å². The summed E-state index contributed by atoms with van der Waals surface area (Å²) in [5, 5.41) is 7.49. The van der Waals surface area contributed by atoms with Crippen LogP contribution in [0.15, 0.2) is 21.3 Å². The lowest BCUT2D eigenvalue weighted by Gasteiger charge is -2.08. The van der Waals surface area contributed by atoms with Crippen LogP contribution in [-0.4, -0.2) is 24.0 Å². The average molecular weight is 433 g/mol. The molecule has 3 N–H and O–H groups in total. The van der Waals surface area contributed by atoms with Crippen molar-refractivity contribution in [2.75, 3.05) is 13.1 Å². The molecule has 0 aliphatic rings. The third-order valence-corrected chi connectivity index (χ3v) is 5.23. The molecule has 21 heavy (non-hydrogen) atoms. The van der Waals surface area contributed by atoms with Crippen molar-refractivity contribution < 1.29 is 4.79 Å². The Labute approximate surface area is 152 Å². The molecule has 4 nitrogen and oxygen atoms in total. The number of nitrogens with zero attached hydrogens (tertiary/aromatic N) is 1. The Morgan fingerprint density at radius 1 is 1.43 bits per heavy atom. The Kier molecular flexibility index (Phi) is 9.68. The largest absolute Gasteiger partial charge is 0.350 e. The standard InChI is InChI=1S/C12H14BrN3OS2.2ClH/c1-7(3-14)4-15-11(17)9-6-19-12(16-9)10-2-8(13)5-18-10;;/h2,5-7H,3-4,14H2,1H3,(H,15,17);2*1H. The van der Waals surface area contributed by atoms with Gasteiger partial charge in [0, 0.05) is 21.8 Å². The van der Waals surface area contributed by atoms with Crippen LogP contribution in [-0.2, 0) is 0 Å². The van der Waals surface area contributed by atoms with Crippen molar-refractivity contribution in [3.63, 3.8) is 0 Å². The fraction of sp³-hybridized carbons (Fsp3) is 0.333. The SMILES string of the molecule is CC(CN)CNC(=O)c1csc(-c2cc(Br)cs2)n1.Cl.Cl. The zero-order valence-electron chi connectivity index (χ0n) is 11.2. The smallest absolute Gasteiger partial charge is 0.270 e. The molecule has 0 aliphatic heterocycles. The van der Waals surface area contributed by atoms with Gasteiger partial charge in [-0.25, -0.2) is 4.98 Å². The summed E-state index contributed by atoms with van der Waals surface area (Å²) in [5.74, 6) is 0.133. The highest BCUT2D eigenvalue weighted by Gasteiger charge is 2.13. The molecule has 1 amide bonds. The molecule has 2 heterocycles. The van der Waals surface area contributed by atoms with Crippen molar-refractivity contribution in [1.82, 2.24) is 10.3 Å². The van der Waals surface area contributed by atoms with E-state index < -0.39 is 0 Å². The molecule has 9 heteroatoms. The maximum atomic E-state index is 11.9. The first-order valence-electron chi connectivity index (χ1n) is 5.78. The number of thiophene rings is 1. The molecule has 2 aromatic heterocycles. The molecule has 0 spiro atoms. The van der Waals surface area contributed by atoms with Crippen LogP contribution < -0.4 is 11.1 Å². The second kappa shape index (κ2) is 9.76. The fourth-order valence-corrected chi connectivity index (χ4v) is 3.66. The van der Waals surface area contributed by atoms with Crippen LogP contribution in [0.5, 0.6) is 0 Å². The highest BCUT2D eigenvalue weighted by atomic mass is 79.9. The van der Waals surface area contributed by atoms with E-state index >= 15 is 0 Å². The minimum absolute atomic E-state index is 0. The number of nitrogens with one attached hydrogen (secondary N) is 1. The van der Waals surface area contributed by atoms with Crippen molar-refractivity contribution in [2.45, 2.75) is 6.92 Å². The molecule has 0 aliphatic carbocycles. The summed E-state index contributed by atoms with van der Waals surface area (Å²) in [6.45, 7) is 3.13. The summed E-state index contributed by atoms with van der Waals surface area (Å²) in [4.78, 5) is 17.3. The van der Waals surface area contributed by atoms with Crippen LogP contribution in [0.3, 0.4) is 0 Å². The Hall–Kier alpha value is -0.180. The molecule has 2 aromatic rings. The Bertz CT molecular complexity index is 576. The van der Waals surface area contributed by atoms with Gasteiger partial charge in [-0.05, 0) is 34.5 Å². The van der Waals surface area contributed by atoms with Gasteiger partial charge in [0.25, 0.3) is 5.91 Å². The number of nitrogens with two attached hydrogens (primary N) is 1. The van der Waals surface area contributed by atoms with Gasteiger partial charge in [0.1, 0.15) is 10.7 Å². The van der Waals surface area contributed by atoms with E-state index in [2.05, 4.69) is 26.2 Å². The molecule has 0 saturated carbocycles. The van der Waals surface area contributed by atoms with Crippen molar-refractivity contribution in [1.29, 1.82) is 0 Å². The van der Waals surface area contributed by atoms with Gasteiger partial charge in [-0.1, -0.05) is 6.92 Å². The first-order chi connectivity index (χ1) is 9.10. The van der Waals surface area contributed by atoms with Gasteiger partial charge in [-0.3, -0.25) is 4.79 Å². The van der Waals surface area contributed by atoms with E-state index in [4.69, 9.17) is 5.73 Å². The molecular formula is C12H16BrCl2N3OS2. The van der Waals surface area contributed by atoms with Gasteiger partial charge >= 0.3 is 0 Å². The summed E-state index contributed by atoms with van der Waals surface area (Å²) in [6, 6.07) is 2.00. The second-order valence-electron chi connectivity index (χ2n) is 4.22. The van der Waals surface area contributed by atoms with Gasteiger partial charge in [0.05, 0.1) is 4.88 Å². The first-order valence-corrected chi connectivity index (χ1v) is 8.33. The van der Waals surface area contributed by atoms with E-state index in [1.54, 1.807) is 16.7 Å². The number of carbonyl (C=O) groups is 1. The minimum atomic E-state index is -0.140. The topological polar surface area (TPSA) is 68.0 Å². The van der Waals surface area contributed by atoms with Crippen molar-refractivity contribution in [3.8, 4) is 9.88 Å². The number of thiazole rings is 1. The molecule has 0 radical (unpaired) electrons. The zero-order chi connectivity index (χ0) is 13.8. The van der Waals surface area contributed by atoms with Gasteiger partial charge in [0.2, 0.25) is 0 Å². The monoisotopic (exact) mass is 431 g/mol. The van der Waals surface area contributed by atoms with E-state index in [-0.39, 0.29) is 36.6 Å². The number of halogens is 3. The lowest BCUT2D eigenvalue weighted by atomic mass is 10.2. The van der Waals surface area contributed by atoms with Gasteiger partial charge in [0.15, 0.2) is 0 Å². The second-order valence-corrected chi connectivity index (χ2v) is 6.90. The predicted molar refractivity (Wildman–Crippen MR) is 98.2 cm³/mol. The molecule has 1 atom stereocenters. The molecule has 118 valence electrons. The summed E-state index contributed by atoms with van der Waals surface area (Å²) in [5.41, 5.74) is 5.98. The first kappa shape index (κ1) is 20.8. The lowest BCUT2D eigenvalue weighted by Crippen LogP contribution is -2.31. The molecule has 1 unspecified atom stereocenters. The van der Waals surface area contributed by atoms with E-state index in [0.717, 1.165) is 14.4 Å². The average Bonchev–Trinajstić information content (AvgIpc) is 3.03. The van der Waals surface area contributed by atoms with Crippen molar-refractivity contribution >= 4 is 69.3 Å². The number of hydrogen-bond donors (Lipinski definition) is 2. The normalized spacial score (nSPS) is 11.2. The van der Waals surface area contributed by atoms with E-state index in [0.29, 0.717) is 18.8 Å². The van der Waals surface area contributed by atoms with Gasteiger partial charge in [-0.15, -0.1) is 47.5 Å². The van der Waals surface area contributed by atoms with Crippen LogP contribution in [0.4, 0.5) is 0 Å². The maximum absolute atomic E-state index is 11.9. The van der Waals surface area contributed by atoms with Crippen LogP contribution in [0.25, 0.3) is 9.88 Å². The number of carbonyl (C=O) groups excluding carboxylic acids is 1. The highest BCUT2D eigenvalue weighted by Crippen LogP contribution is 2.31. The number of aromatic nitrogens is 1. The Morgan fingerprint density at radius 2 is 2.14 bits per heavy atom. The van der Waals surface area contributed by atoms with Crippen LogP contribution in [0.1, 0.15) is 17.4 Å². The van der Waals surface area contributed by atoms with Crippen molar-refractivity contribution in [3.05, 3.63) is 27.0 Å². The molecule has 0 aromatic carbocycles. The van der Waals surface area contributed by atoms with E-state index in [9.17, 15) is 4.79 Å². The maximum Gasteiger partial charge on any atom is 0.270 e. The van der Waals surface area contributed by atoms with Crippen LogP contribution >= 0.6 is 63.4 Å². The summed E-state index contributed by atoms with van der Waals surface area (Å²) in [6.07, 6.45) is 0. The molecular weight excluding hydrogens is 417 g/mol. The lowest BCUT2D eigenvalue weighted by molar-refractivity contribution is 0.0944. The summed E-state index contributed by atoms with van der Waals surface area (Å²) in [7, 11) is 0. The van der Waals surface area contributed by atoms with Gasteiger partial charge < -0.3 is 11.1 Å². The molecule has 0 saturated heterocycles. The summed E-state index contributed by atoms with van der Waals surface area (Å²) < 4.78 is 1.03. The third-order valence-electron chi connectivity index (χ3n) is 2.53. The van der Waals surface area contributed by atoms with Crippen molar-refractivity contribution in [2.24, 2.45) is 11.7 Å². The van der Waals surface area contributed by atoms with Gasteiger partial charge in [-0.2, -0.15) is 0 Å². The zero-order valence-corrected chi connectivity index (χ0v) is 16.0. The molecule has 0 bridgehead atoms. The van der Waals surface area contributed by atoms with Crippen LogP contribution in [0.2, 0.25) is 0 Å². The Morgan fingerprint density at radius 3 is 2.71 bits per heavy atom. The number of rotatable bonds is 5. The number of amides is 1. The fourth-order valence-electron chi connectivity index (χ4n) is 1.36.